The van der Waals surface area contributed by atoms with E-state index in [0.29, 0.717) is 18.0 Å². The molecule has 4 atom stereocenters. The molecule has 2 aliphatic heterocycles. The number of thioether (sulfide) groups is 1. The van der Waals surface area contributed by atoms with Gasteiger partial charge in [-0.2, -0.15) is 5.21 Å². The number of rotatable bonds is 9. The fourth-order valence-corrected chi connectivity index (χ4v) is 5.79. The fourth-order valence-electron chi connectivity index (χ4n) is 4.16. The minimum atomic E-state index is -0.876. The Labute approximate surface area is 191 Å². The van der Waals surface area contributed by atoms with E-state index in [4.69, 9.17) is 10.5 Å². The van der Waals surface area contributed by atoms with Crippen molar-refractivity contribution in [3.8, 4) is 5.75 Å². The minimum absolute atomic E-state index is 0.167. The molecular weight excluding hydrogens is 430 g/mol. The number of carbonyl (C=O) groups excluding carboxylic acids is 2. The Balaban J connectivity index is 1.36. The maximum atomic E-state index is 12.9. The number of aromatic nitrogens is 4. The largest absolute Gasteiger partial charge is 0.494 e. The van der Waals surface area contributed by atoms with Crippen LogP contribution in [0, 0.1) is 0 Å². The second kappa shape index (κ2) is 9.07. The Hall–Kier alpha value is -2.66. The lowest BCUT2D eigenvalue weighted by atomic mass is 9.95. The van der Waals surface area contributed by atoms with Gasteiger partial charge in [0.05, 0.1) is 6.61 Å². The lowest BCUT2D eigenvalue weighted by Gasteiger charge is -2.44. The second-order valence-corrected chi connectivity index (χ2v) is 10.4. The SMILES string of the molecule is CCCCCOc1ccc(C(N)C(=O)NC2C(=O)N3C(c4nn[nH]n4)C(C)(C)S[C@@H]23)cc1. The van der Waals surface area contributed by atoms with Crippen molar-refractivity contribution in [1.82, 2.24) is 30.8 Å². The maximum Gasteiger partial charge on any atom is 0.249 e. The van der Waals surface area contributed by atoms with Crippen molar-refractivity contribution in [2.75, 3.05) is 6.61 Å². The van der Waals surface area contributed by atoms with Gasteiger partial charge in [-0.1, -0.05) is 37.1 Å². The van der Waals surface area contributed by atoms with Crippen LogP contribution in [0.25, 0.3) is 0 Å². The molecule has 10 nitrogen and oxygen atoms in total. The van der Waals surface area contributed by atoms with Crippen molar-refractivity contribution in [3.63, 3.8) is 0 Å². The number of nitrogens with two attached hydrogens (primary N) is 1. The van der Waals surface area contributed by atoms with Crippen molar-refractivity contribution in [3.05, 3.63) is 35.7 Å². The number of unbranched alkanes of at least 4 members (excludes halogenated alkanes) is 2. The number of β-lactam (4-membered cyclic amide) rings is 1. The molecule has 0 aliphatic carbocycles. The van der Waals surface area contributed by atoms with Crippen LogP contribution in [0.5, 0.6) is 5.75 Å². The summed E-state index contributed by atoms with van der Waals surface area (Å²) in [7, 11) is 0. The van der Waals surface area contributed by atoms with Crippen molar-refractivity contribution in [1.29, 1.82) is 0 Å². The highest BCUT2D eigenvalue weighted by Crippen LogP contribution is 2.56. The Kier molecular flexibility index (Phi) is 6.38. The normalized spacial score (nSPS) is 24.6. The molecular formula is C21H29N7O3S. The number of hydrogen-bond acceptors (Lipinski definition) is 8. The molecule has 11 heteroatoms. The summed E-state index contributed by atoms with van der Waals surface area (Å²) in [4.78, 5) is 27.4. The fraction of sp³-hybridized carbons (Fsp3) is 0.571. The number of nitrogens with zero attached hydrogens (tertiary/aromatic N) is 4. The third-order valence-electron chi connectivity index (χ3n) is 5.88. The van der Waals surface area contributed by atoms with E-state index < -0.39 is 12.1 Å². The molecule has 32 heavy (non-hydrogen) atoms. The molecule has 0 saturated carbocycles. The molecule has 0 spiro atoms. The number of H-pyrrole nitrogens is 1. The molecule has 0 radical (unpaired) electrons. The first-order chi connectivity index (χ1) is 15.3. The van der Waals surface area contributed by atoms with Gasteiger partial charge in [-0.05, 0) is 38.0 Å². The molecule has 3 unspecified atom stereocenters. The van der Waals surface area contributed by atoms with E-state index in [0.717, 1.165) is 25.0 Å². The zero-order valence-electron chi connectivity index (χ0n) is 18.4. The quantitative estimate of drug-likeness (QED) is 0.380. The number of fused-ring (bicyclic) bond motifs is 1. The van der Waals surface area contributed by atoms with Crippen LogP contribution in [0.15, 0.2) is 24.3 Å². The maximum absolute atomic E-state index is 12.9. The van der Waals surface area contributed by atoms with Gasteiger partial charge in [-0.15, -0.1) is 22.0 Å². The van der Waals surface area contributed by atoms with Gasteiger partial charge < -0.3 is 20.7 Å². The molecule has 2 fully saturated rings. The molecule has 4 N–H and O–H groups in total. The lowest BCUT2D eigenvalue weighted by Crippen LogP contribution is -2.68. The molecule has 1 aromatic heterocycles. The number of ether oxygens (including phenoxy) is 1. The summed E-state index contributed by atoms with van der Waals surface area (Å²) in [5.74, 6) is 0.663. The number of hydrogen-bond donors (Lipinski definition) is 3. The van der Waals surface area contributed by atoms with Gasteiger partial charge in [0.15, 0.2) is 5.82 Å². The van der Waals surface area contributed by atoms with E-state index in [1.54, 1.807) is 28.8 Å². The van der Waals surface area contributed by atoms with Gasteiger partial charge in [-0.25, -0.2) is 0 Å². The summed E-state index contributed by atoms with van der Waals surface area (Å²) >= 11 is 1.61. The summed E-state index contributed by atoms with van der Waals surface area (Å²) < 4.78 is 5.38. The van der Waals surface area contributed by atoms with Crippen LogP contribution in [-0.4, -0.2) is 60.1 Å². The number of tetrazole rings is 1. The third kappa shape index (κ3) is 4.18. The first-order valence-electron chi connectivity index (χ1n) is 10.9. The van der Waals surface area contributed by atoms with E-state index in [1.807, 2.05) is 26.0 Å². The summed E-state index contributed by atoms with van der Waals surface area (Å²) in [6, 6.07) is 5.39. The van der Waals surface area contributed by atoms with Crippen LogP contribution in [0.4, 0.5) is 0 Å². The predicted octanol–water partition coefficient (Wildman–Crippen LogP) is 1.69. The molecule has 4 rings (SSSR count). The second-order valence-electron chi connectivity index (χ2n) is 8.62. The highest BCUT2D eigenvalue weighted by atomic mass is 32.2. The number of carbonyl (C=O) groups is 2. The van der Waals surface area contributed by atoms with Gasteiger partial charge in [0.25, 0.3) is 0 Å². The standard InChI is InChI=1S/C21H29N7O3S/c1-4-5-6-11-31-13-9-7-12(8-10-13)14(22)18(29)23-15-19(30)28-16(17-24-26-27-25-17)21(2,3)32-20(15)28/h7-10,14-16,20H,4-6,11,22H2,1-3H3,(H,23,29)(H,24,25,26,27)/t14?,15?,16?,20-/m0/s1. The Morgan fingerprint density at radius 2 is 2.09 bits per heavy atom. The summed E-state index contributed by atoms with van der Waals surface area (Å²) in [5.41, 5.74) is 6.84. The first-order valence-corrected chi connectivity index (χ1v) is 11.7. The molecule has 2 amide bonds. The smallest absolute Gasteiger partial charge is 0.249 e. The summed E-state index contributed by atoms with van der Waals surface area (Å²) in [5, 5.41) is 16.8. The van der Waals surface area contributed by atoms with Gasteiger partial charge in [0, 0.05) is 4.75 Å². The molecule has 1 aromatic carbocycles. The first kappa shape index (κ1) is 22.5. The van der Waals surface area contributed by atoms with Crippen LogP contribution < -0.4 is 15.8 Å². The number of aromatic amines is 1. The van der Waals surface area contributed by atoms with Crippen LogP contribution in [0.2, 0.25) is 0 Å². The van der Waals surface area contributed by atoms with E-state index >= 15 is 0 Å². The molecule has 172 valence electrons. The van der Waals surface area contributed by atoms with E-state index in [1.165, 1.54) is 0 Å². The van der Waals surface area contributed by atoms with Crippen molar-refractivity contribution in [2.45, 2.75) is 68.3 Å². The lowest BCUT2D eigenvalue weighted by molar-refractivity contribution is -0.152. The summed E-state index contributed by atoms with van der Waals surface area (Å²) in [6.07, 6.45) is 3.28. The number of nitrogens with one attached hydrogen (secondary N) is 2. The predicted molar refractivity (Wildman–Crippen MR) is 120 cm³/mol. The van der Waals surface area contributed by atoms with Crippen molar-refractivity contribution in [2.24, 2.45) is 5.73 Å². The van der Waals surface area contributed by atoms with Gasteiger partial charge in [0.1, 0.15) is 29.2 Å². The average Bonchev–Trinajstić information content (AvgIpc) is 3.39. The zero-order valence-corrected chi connectivity index (χ0v) is 19.3. The van der Waals surface area contributed by atoms with Crippen LogP contribution in [0.1, 0.15) is 63.5 Å². The molecule has 0 bridgehead atoms. The zero-order chi connectivity index (χ0) is 22.9. The molecule has 3 heterocycles. The molecule has 2 aromatic rings. The van der Waals surface area contributed by atoms with Crippen LogP contribution in [0.3, 0.4) is 0 Å². The van der Waals surface area contributed by atoms with Crippen LogP contribution in [-0.2, 0) is 9.59 Å². The van der Waals surface area contributed by atoms with Crippen molar-refractivity contribution >= 4 is 23.6 Å². The van der Waals surface area contributed by atoms with Crippen LogP contribution >= 0.6 is 11.8 Å². The summed E-state index contributed by atoms with van der Waals surface area (Å²) in [6.45, 7) is 6.87. The average molecular weight is 460 g/mol. The Morgan fingerprint density at radius 1 is 1.34 bits per heavy atom. The highest BCUT2D eigenvalue weighted by Gasteiger charge is 2.63. The monoisotopic (exact) mass is 459 g/mol. The van der Waals surface area contributed by atoms with Crippen molar-refractivity contribution < 1.29 is 14.3 Å². The molecule has 2 aliphatic rings. The van der Waals surface area contributed by atoms with Gasteiger partial charge in [-0.3, -0.25) is 9.59 Å². The third-order valence-corrected chi connectivity index (χ3v) is 7.45. The van der Waals surface area contributed by atoms with Gasteiger partial charge in [0.2, 0.25) is 11.8 Å². The molecule has 2 saturated heterocycles. The minimum Gasteiger partial charge on any atom is -0.494 e. The van der Waals surface area contributed by atoms with Gasteiger partial charge >= 0.3 is 0 Å². The highest BCUT2D eigenvalue weighted by molar-refractivity contribution is 8.01. The Bertz CT molecular complexity index is 951. The van der Waals surface area contributed by atoms with E-state index in [2.05, 4.69) is 32.9 Å². The van der Waals surface area contributed by atoms with E-state index in [9.17, 15) is 9.59 Å². The van der Waals surface area contributed by atoms with E-state index in [-0.39, 0.29) is 28.0 Å². The topological polar surface area (TPSA) is 139 Å². The Morgan fingerprint density at radius 3 is 2.75 bits per heavy atom. The number of benzene rings is 1. The number of amides is 2.